The van der Waals surface area contributed by atoms with Crippen LogP contribution >= 0.6 is 0 Å². The number of rotatable bonds is 3. The quantitative estimate of drug-likeness (QED) is 0.840. The van der Waals surface area contributed by atoms with Crippen molar-refractivity contribution in [1.29, 1.82) is 0 Å². The van der Waals surface area contributed by atoms with Crippen LogP contribution in [0.3, 0.4) is 0 Å². The van der Waals surface area contributed by atoms with Crippen LogP contribution in [0.1, 0.15) is 33.3 Å². The SMILES string of the molecule is CNc1ccccc1/C(C)=N/[S@](=O)C(C)(C)C. The first-order valence-electron chi connectivity index (χ1n) is 5.60. The van der Waals surface area contributed by atoms with Crippen LogP contribution in [0.5, 0.6) is 0 Å². The molecule has 1 N–H and O–H groups in total. The van der Waals surface area contributed by atoms with Crippen LogP contribution in [0.15, 0.2) is 28.7 Å². The Morgan fingerprint density at radius 2 is 1.88 bits per heavy atom. The molecule has 0 spiro atoms. The van der Waals surface area contributed by atoms with Crippen molar-refractivity contribution in [2.75, 3.05) is 12.4 Å². The Bertz CT molecular complexity index is 447. The number of nitrogens with zero attached hydrogens (tertiary/aromatic N) is 1. The summed E-state index contributed by atoms with van der Waals surface area (Å²) in [6, 6.07) is 7.87. The van der Waals surface area contributed by atoms with Crippen LogP contribution in [0.2, 0.25) is 0 Å². The fourth-order valence-corrected chi connectivity index (χ4v) is 1.95. The summed E-state index contributed by atoms with van der Waals surface area (Å²) in [6.07, 6.45) is 0. The molecule has 17 heavy (non-hydrogen) atoms. The van der Waals surface area contributed by atoms with Crippen molar-refractivity contribution in [3.63, 3.8) is 0 Å². The van der Waals surface area contributed by atoms with Crippen molar-refractivity contribution in [3.05, 3.63) is 29.8 Å². The van der Waals surface area contributed by atoms with E-state index in [0.717, 1.165) is 17.0 Å². The number of hydrogen-bond donors (Lipinski definition) is 1. The summed E-state index contributed by atoms with van der Waals surface area (Å²) < 4.78 is 15.9. The lowest BCUT2D eigenvalue weighted by molar-refractivity contribution is 0.650. The maximum atomic E-state index is 12.0. The van der Waals surface area contributed by atoms with E-state index in [4.69, 9.17) is 0 Å². The third kappa shape index (κ3) is 3.66. The highest BCUT2D eigenvalue weighted by Gasteiger charge is 2.19. The van der Waals surface area contributed by atoms with Gasteiger partial charge in [-0.3, -0.25) is 0 Å². The molecule has 1 aromatic rings. The van der Waals surface area contributed by atoms with Gasteiger partial charge >= 0.3 is 0 Å². The Morgan fingerprint density at radius 3 is 2.41 bits per heavy atom. The molecule has 0 radical (unpaired) electrons. The maximum Gasteiger partial charge on any atom is 0.145 e. The maximum absolute atomic E-state index is 12.0. The molecule has 0 saturated carbocycles. The van der Waals surface area contributed by atoms with E-state index in [0.29, 0.717) is 0 Å². The van der Waals surface area contributed by atoms with E-state index in [1.54, 1.807) is 0 Å². The zero-order valence-electron chi connectivity index (χ0n) is 11.1. The molecule has 1 aromatic carbocycles. The van der Waals surface area contributed by atoms with Crippen LogP contribution in [-0.4, -0.2) is 21.7 Å². The Kier molecular flexibility index (Phi) is 4.46. The van der Waals surface area contributed by atoms with Gasteiger partial charge in [0.1, 0.15) is 11.0 Å². The summed E-state index contributed by atoms with van der Waals surface area (Å²) in [6.45, 7) is 7.65. The average Bonchev–Trinajstić information content (AvgIpc) is 2.27. The average molecular weight is 252 g/mol. The second-order valence-electron chi connectivity index (χ2n) is 4.83. The molecule has 0 bridgehead atoms. The van der Waals surface area contributed by atoms with Crippen LogP contribution in [0, 0.1) is 0 Å². The first-order chi connectivity index (χ1) is 7.86. The van der Waals surface area contributed by atoms with Crippen LogP contribution < -0.4 is 5.32 Å². The minimum atomic E-state index is -1.22. The molecule has 0 saturated heterocycles. The molecule has 94 valence electrons. The summed E-state index contributed by atoms with van der Waals surface area (Å²) in [5.41, 5.74) is 2.79. The summed E-state index contributed by atoms with van der Waals surface area (Å²) in [7, 11) is 0.650. The van der Waals surface area contributed by atoms with Crippen molar-refractivity contribution >= 4 is 22.4 Å². The summed E-state index contributed by atoms with van der Waals surface area (Å²) in [5, 5.41) is 3.11. The molecule has 0 amide bonds. The molecule has 0 aliphatic carbocycles. The smallest absolute Gasteiger partial charge is 0.145 e. The molecule has 0 heterocycles. The van der Waals surface area contributed by atoms with Gasteiger partial charge in [-0.25, -0.2) is 4.21 Å². The van der Waals surface area contributed by atoms with E-state index in [-0.39, 0.29) is 4.75 Å². The van der Waals surface area contributed by atoms with Crippen molar-refractivity contribution in [2.24, 2.45) is 4.40 Å². The van der Waals surface area contributed by atoms with Gasteiger partial charge in [-0.15, -0.1) is 0 Å². The number of hydrogen-bond acceptors (Lipinski definition) is 2. The minimum absolute atomic E-state index is 0.324. The van der Waals surface area contributed by atoms with E-state index >= 15 is 0 Å². The predicted molar refractivity (Wildman–Crippen MR) is 76.1 cm³/mol. The van der Waals surface area contributed by atoms with Crippen LogP contribution in [-0.2, 0) is 11.0 Å². The molecule has 0 aliphatic rings. The molecule has 3 nitrogen and oxygen atoms in total. The summed E-state index contributed by atoms with van der Waals surface area (Å²) in [5.74, 6) is 0. The highest BCUT2D eigenvalue weighted by Crippen LogP contribution is 2.18. The van der Waals surface area contributed by atoms with Gasteiger partial charge in [-0.1, -0.05) is 18.2 Å². The van der Waals surface area contributed by atoms with E-state index in [1.807, 2.05) is 59.0 Å². The monoisotopic (exact) mass is 252 g/mol. The first kappa shape index (κ1) is 13.9. The van der Waals surface area contributed by atoms with Crippen molar-refractivity contribution < 1.29 is 4.21 Å². The lowest BCUT2D eigenvalue weighted by Gasteiger charge is -2.15. The zero-order valence-corrected chi connectivity index (χ0v) is 11.9. The normalized spacial score (nSPS) is 14.5. The van der Waals surface area contributed by atoms with E-state index in [2.05, 4.69) is 9.71 Å². The Labute approximate surface area is 106 Å². The number of nitrogens with one attached hydrogen (secondary N) is 1. The topological polar surface area (TPSA) is 41.5 Å². The zero-order chi connectivity index (χ0) is 13.1. The van der Waals surface area contributed by atoms with Crippen molar-refractivity contribution in [1.82, 2.24) is 0 Å². The van der Waals surface area contributed by atoms with E-state index < -0.39 is 11.0 Å². The second kappa shape index (κ2) is 5.45. The van der Waals surface area contributed by atoms with Crippen molar-refractivity contribution in [2.45, 2.75) is 32.4 Å². The third-order valence-corrected chi connectivity index (χ3v) is 3.82. The highest BCUT2D eigenvalue weighted by molar-refractivity contribution is 7.85. The fraction of sp³-hybridized carbons (Fsp3) is 0.462. The van der Waals surface area contributed by atoms with Gasteiger partial charge in [-0.05, 0) is 33.8 Å². The Morgan fingerprint density at radius 1 is 1.29 bits per heavy atom. The van der Waals surface area contributed by atoms with Gasteiger partial charge in [0.15, 0.2) is 0 Å². The first-order valence-corrected chi connectivity index (χ1v) is 6.71. The van der Waals surface area contributed by atoms with Gasteiger partial charge in [0.25, 0.3) is 0 Å². The molecule has 0 fully saturated rings. The molecule has 1 rings (SSSR count). The van der Waals surface area contributed by atoms with Gasteiger partial charge in [0, 0.05) is 18.3 Å². The molecule has 0 unspecified atom stereocenters. The Hall–Kier alpha value is -1.16. The van der Waals surface area contributed by atoms with E-state index in [1.165, 1.54) is 0 Å². The van der Waals surface area contributed by atoms with Gasteiger partial charge in [0.2, 0.25) is 0 Å². The predicted octanol–water partition coefficient (Wildman–Crippen LogP) is 3.00. The van der Waals surface area contributed by atoms with E-state index in [9.17, 15) is 4.21 Å². The minimum Gasteiger partial charge on any atom is -0.388 e. The molecule has 4 heteroatoms. The highest BCUT2D eigenvalue weighted by atomic mass is 32.2. The number of para-hydroxylation sites is 1. The fourth-order valence-electron chi connectivity index (χ4n) is 1.33. The lowest BCUT2D eigenvalue weighted by atomic mass is 10.1. The van der Waals surface area contributed by atoms with Gasteiger partial charge in [-0.2, -0.15) is 4.40 Å². The molecule has 1 atom stereocenters. The number of benzene rings is 1. The second-order valence-corrected chi connectivity index (χ2v) is 6.74. The molecule has 0 aliphatic heterocycles. The van der Waals surface area contributed by atoms with Gasteiger partial charge in [0.05, 0.1) is 10.5 Å². The number of anilines is 1. The molecular weight excluding hydrogens is 232 g/mol. The van der Waals surface area contributed by atoms with Gasteiger partial charge < -0.3 is 5.32 Å². The molecule has 0 aromatic heterocycles. The summed E-state index contributed by atoms with van der Waals surface area (Å²) >= 11 is 0. The standard InChI is InChI=1S/C13H20N2OS/c1-10(15-17(16)13(2,3)4)11-8-6-7-9-12(11)14-5/h6-9,14H,1-5H3/b15-10+/t17-/m1/s1. The summed E-state index contributed by atoms with van der Waals surface area (Å²) in [4.78, 5) is 0. The van der Waals surface area contributed by atoms with Crippen LogP contribution in [0.4, 0.5) is 5.69 Å². The van der Waals surface area contributed by atoms with Crippen LogP contribution in [0.25, 0.3) is 0 Å². The lowest BCUT2D eigenvalue weighted by Crippen LogP contribution is -2.20. The van der Waals surface area contributed by atoms with Crippen molar-refractivity contribution in [3.8, 4) is 0 Å². The largest absolute Gasteiger partial charge is 0.388 e. The molecular formula is C13H20N2OS. The Balaban J connectivity index is 3.08. The third-order valence-electron chi connectivity index (χ3n) is 2.33.